The molecule has 0 heterocycles. The van der Waals surface area contributed by atoms with E-state index in [0.29, 0.717) is 12.3 Å². The van der Waals surface area contributed by atoms with Gasteiger partial charge < -0.3 is 4.74 Å². The maximum Gasteiger partial charge on any atom is 0.292 e. The minimum Gasteiger partial charge on any atom is -0.471 e. The van der Waals surface area contributed by atoms with Gasteiger partial charge in [-0.05, 0) is 25.3 Å². The topological polar surface area (TPSA) is 43.4 Å². The molecular formula is C15H20O3. The lowest BCUT2D eigenvalue weighted by Crippen LogP contribution is -2.35. The molecule has 1 aliphatic rings. The second-order valence-electron chi connectivity index (χ2n) is 4.66. The smallest absolute Gasteiger partial charge is 0.292 e. The second kappa shape index (κ2) is 6.94. The van der Waals surface area contributed by atoms with E-state index in [1.54, 1.807) is 0 Å². The van der Waals surface area contributed by atoms with Crippen molar-refractivity contribution in [1.29, 1.82) is 0 Å². The van der Waals surface area contributed by atoms with Gasteiger partial charge in [-0.25, -0.2) is 0 Å². The summed E-state index contributed by atoms with van der Waals surface area (Å²) >= 11 is 0. The van der Waals surface area contributed by atoms with Crippen molar-refractivity contribution < 1.29 is 14.3 Å². The predicted molar refractivity (Wildman–Crippen MR) is 70.3 cm³/mol. The number of hydrogen-bond acceptors (Lipinski definition) is 3. The minimum atomic E-state index is -0.209. The Morgan fingerprint density at radius 3 is 2.33 bits per heavy atom. The Balaban J connectivity index is 0.000000357. The lowest BCUT2D eigenvalue weighted by molar-refractivity contribution is -0.126. The van der Waals surface area contributed by atoms with E-state index in [0.717, 1.165) is 19.3 Å². The Bertz CT molecular complexity index is 386. The summed E-state index contributed by atoms with van der Waals surface area (Å²) < 4.78 is 3.86. The second-order valence-corrected chi connectivity index (χ2v) is 4.66. The van der Waals surface area contributed by atoms with Crippen LogP contribution in [-0.2, 0) is 19.7 Å². The first-order valence-corrected chi connectivity index (χ1v) is 6.20. The number of hydrogen-bond donors (Lipinski definition) is 0. The maximum atomic E-state index is 11.9. The average molecular weight is 248 g/mol. The highest BCUT2D eigenvalue weighted by atomic mass is 16.5. The zero-order valence-electron chi connectivity index (χ0n) is 11.0. The van der Waals surface area contributed by atoms with Crippen LogP contribution >= 0.6 is 0 Å². The van der Waals surface area contributed by atoms with Crippen molar-refractivity contribution in [1.82, 2.24) is 0 Å². The third kappa shape index (κ3) is 3.42. The molecule has 3 nitrogen and oxygen atoms in total. The van der Waals surface area contributed by atoms with Gasteiger partial charge in [-0.1, -0.05) is 36.8 Å². The molecule has 1 fully saturated rings. The summed E-state index contributed by atoms with van der Waals surface area (Å²) in [6.07, 6.45) is 4.01. The number of carbonyl (C=O) groups is 2. The number of methoxy groups -OCH3 is 1. The maximum absolute atomic E-state index is 11.9. The van der Waals surface area contributed by atoms with Crippen molar-refractivity contribution in [2.45, 2.75) is 38.0 Å². The van der Waals surface area contributed by atoms with E-state index in [9.17, 15) is 4.79 Å². The first-order valence-electron chi connectivity index (χ1n) is 6.20. The van der Waals surface area contributed by atoms with Crippen LogP contribution in [0.25, 0.3) is 0 Å². The van der Waals surface area contributed by atoms with Gasteiger partial charge in [-0.15, -0.1) is 0 Å². The molecule has 1 unspecified atom stereocenters. The van der Waals surface area contributed by atoms with Crippen LogP contribution in [0.5, 0.6) is 0 Å². The van der Waals surface area contributed by atoms with Crippen LogP contribution < -0.4 is 0 Å². The highest BCUT2D eigenvalue weighted by molar-refractivity contribution is 5.90. The monoisotopic (exact) mass is 248 g/mol. The Labute approximate surface area is 108 Å². The fraction of sp³-hybridized carbons (Fsp3) is 0.467. The van der Waals surface area contributed by atoms with E-state index in [2.05, 4.69) is 23.8 Å². The molecule has 1 saturated carbocycles. The van der Waals surface area contributed by atoms with E-state index in [-0.39, 0.29) is 5.41 Å². The SMILES string of the molecule is CC1(c2ccccc2)CCCCC1=O.COC=O. The zero-order valence-corrected chi connectivity index (χ0v) is 11.0. The van der Waals surface area contributed by atoms with Gasteiger partial charge in [-0.3, -0.25) is 9.59 Å². The molecular weight excluding hydrogens is 228 g/mol. The van der Waals surface area contributed by atoms with E-state index in [4.69, 9.17) is 4.79 Å². The average Bonchev–Trinajstić information content (AvgIpc) is 2.43. The van der Waals surface area contributed by atoms with Crippen LogP contribution in [0, 0.1) is 0 Å². The van der Waals surface area contributed by atoms with Crippen LogP contribution in [-0.4, -0.2) is 19.4 Å². The Kier molecular flexibility index (Phi) is 5.56. The largest absolute Gasteiger partial charge is 0.471 e. The highest BCUT2D eigenvalue weighted by Gasteiger charge is 2.36. The van der Waals surface area contributed by atoms with Crippen molar-refractivity contribution in [3.05, 3.63) is 35.9 Å². The van der Waals surface area contributed by atoms with E-state index < -0.39 is 0 Å². The van der Waals surface area contributed by atoms with Gasteiger partial charge in [0.05, 0.1) is 12.5 Å². The van der Waals surface area contributed by atoms with Gasteiger partial charge in [-0.2, -0.15) is 0 Å². The molecule has 0 radical (unpaired) electrons. The van der Waals surface area contributed by atoms with Crippen molar-refractivity contribution >= 4 is 12.3 Å². The Morgan fingerprint density at radius 1 is 1.22 bits per heavy atom. The zero-order chi connectivity index (χ0) is 13.4. The van der Waals surface area contributed by atoms with Crippen LogP contribution in [0.2, 0.25) is 0 Å². The van der Waals surface area contributed by atoms with Crippen LogP contribution in [0.3, 0.4) is 0 Å². The molecule has 0 amide bonds. The summed E-state index contributed by atoms with van der Waals surface area (Å²) in [5.74, 6) is 0.412. The van der Waals surface area contributed by atoms with Gasteiger partial charge in [0.15, 0.2) is 0 Å². The molecule has 3 heteroatoms. The minimum absolute atomic E-state index is 0.209. The molecule has 0 saturated heterocycles. The molecule has 0 spiro atoms. The summed E-state index contributed by atoms with van der Waals surface area (Å²) in [6, 6.07) is 10.2. The number of ether oxygens (including phenoxy) is 1. The number of rotatable bonds is 2. The summed E-state index contributed by atoms with van der Waals surface area (Å²) in [5, 5.41) is 0. The Hall–Kier alpha value is -1.64. The number of carbonyl (C=O) groups excluding carboxylic acids is 2. The van der Waals surface area contributed by atoms with E-state index >= 15 is 0 Å². The van der Waals surface area contributed by atoms with Gasteiger partial charge in [0, 0.05) is 6.42 Å². The summed E-state index contributed by atoms with van der Waals surface area (Å²) in [5.41, 5.74) is 0.976. The van der Waals surface area contributed by atoms with Crippen LogP contribution in [0.15, 0.2) is 30.3 Å². The van der Waals surface area contributed by atoms with Crippen molar-refractivity contribution in [2.75, 3.05) is 7.11 Å². The summed E-state index contributed by atoms with van der Waals surface area (Å²) in [6.45, 7) is 2.46. The fourth-order valence-corrected chi connectivity index (χ4v) is 2.29. The van der Waals surface area contributed by atoms with Gasteiger partial charge in [0.1, 0.15) is 5.78 Å². The third-order valence-corrected chi connectivity index (χ3v) is 3.45. The molecule has 1 atom stereocenters. The highest BCUT2D eigenvalue weighted by Crippen LogP contribution is 2.35. The molecule has 18 heavy (non-hydrogen) atoms. The molecule has 0 bridgehead atoms. The molecule has 1 aromatic carbocycles. The first kappa shape index (κ1) is 14.4. The summed E-state index contributed by atoms with van der Waals surface area (Å²) in [7, 11) is 1.31. The molecule has 2 rings (SSSR count). The van der Waals surface area contributed by atoms with Crippen LogP contribution in [0.1, 0.15) is 38.2 Å². The van der Waals surface area contributed by atoms with E-state index in [1.807, 2.05) is 18.2 Å². The quantitative estimate of drug-likeness (QED) is 0.756. The van der Waals surface area contributed by atoms with Gasteiger partial charge in [0.2, 0.25) is 0 Å². The Morgan fingerprint density at radius 2 is 1.83 bits per heavy atom. The molecule has 0 aliphatic heterocycles. The van der Waals surface area contributed by atoms with Gasteiger partial charge >= 0.3 is 0 Å². The predicted octanol–water partition coefficient (Wildman–Crippen LogP) is 2.88. The lowest BCUT2D eigenvalue weighted by atomic mass is 9.70. The van der Waals surface area contributed by atoms with Crippen molar-refractivity contribution in [3.8, 4) is 0 Å². The molecule has 98 valence electrons. The van der Waals surface area contributed by atoms with Crippen LogP contribution in [0.4, 0.5) is 0 Å². The molecule has 1 aromatic rings. The first-order chi connectivity index (χ1) is 8.65. The molecule has 1 aliphatic carbocycles. The molecule has 0 aromatic heterocycles. The molecule has 0 N–H and O–H groups in total. The standard InChI is InChI=1S/C13H16O.C2H4O2/c1-13(10-6-5-9-12(13)14)11-7-3-2-4-8-11;1-4-2-3/h2-4,7-8H,5-6,9-10H2,1H3;2H,1H3. The number of Topliss-reactive ketones (excluding diaryl/α,β-unsaturated/α-hetero) is 1. The van der Waals surface area contributed by atoms with Crippen molar-refractivity contribution in [3.63, 3.8) is 0 Å². The third-order valence-electron chi connectivity index (χ3n) is 3.45. The summed E-state index contributed by atoms with van der Waals surface area (Å²) in [4.78, 5) is 20.9. The number of benzene rings is 1. The fourth-order valence-electron chi connectivity index (χ4n) is 2.29. The normalized spacial score (nSPS) is 22.7. The van der Waals surface area contributed by atoms with E-state index in [1.165, 1.54) is 19.1 Å². The number of ketones is 1. The van der Waals surface area contributed by atoms with Crippen molar-refractivity contribution in [2.24, 2.45) is 0 Å². The lowest BCUT2D eigenvalue weighted by Gasteiger charge is -2.32. The van der Waals surface area contributed by atoms with Gasteiger partial charge in [0.25, 0.3) is 6.47 Å².